The number of ether oxygens (including phenoxy) is 2. The van der Waals surface area contributed by atoms with Crippen molar-refractivity contribution in [3.8, 4) is 5.75 Å². The molecule has 0 unspecified atom stereocenters. The van der Waals surface area contributed by atoms with Crippen molar-refractivity contribution in [2.45, 2.75) is 55.9 Å². The highest BCUT2D eigenvalue weighted by Gasteiger charge is 2.48. The molecule has 0 bridgehead atoms. The summed E-state index contributed by atoms with van der Waals surface area (Å²) < 4.78 is 41.0. The van der Waals surface area contributed by atoms with E-state index in [-0.39, 0.29) is 4.90 Å². The van der Waals surface area contributed by atoms with Crippen LogP contribution in [-0.4, -0.2) is 32.5 Å². The van der Waals surface area contributed by atoms with Gasteiger partial charge in [0.15, 0.2) is 5.60 Å². The van der Waals surface area contributed by atoms with Crippen molar-refractivity contribution < 1.29 is 22.7 Å². The van der Waals surface area contributed by atoms with Crippen LogP contribution in [-0.2, 0) is 25.2 Å². The Hall–Kier alpha value is -2.97. The van der Waals surface area contributed by atoms with Crippen LogP contribution < -0.4 is 9.46 Å². The van der Waals surface area contributed by atoms with Crippen molar-refractivity contribution in [1.82, 2.24) is 9.71 Å². The Morgan fingerprint density at radius 1 is 1.21 bits per heavy atom. The number of hydrogen-bond donors (Lipinski definition) is 1. The molecule has 1 aliphatic carbocycles. The molecular weight excluding hydrogens is 452 g/mol. The summed E-state index contributed by atoms with van der Waals surface area (Å²) in [6.07, 6.45) is 3.21. The first-order valence-corrected chi connectivity index (χ1v) is 13.2. The van der Waals surface area contributed by atoms with Crippen LogP contribution in [0.1, 0.15) is 55.3 Å². The van der Waals surface area contributed by atoms with Crippen molar-refractivity contribution in [3.05, 3.63) is 65.4 Å². The zero-order valence-corrected chi connectivity index (χ0v) is 20.2. The van der Waals surface area contributed by atoms with Crippen LogP contribution in [0.25, 0.3) is 10.9 Å². The van der Waals surface area contributed by atoms with Gasteiger partial charge in [-0.3, -0.25) is 9.78 Å². The van der Waals surface area contributed by atoms with E-state index >= 15 is 0 Å². The first kappa shape index (κ1) is 22.8. The summed E-state index contributed by atoms with van der Waals surface area (Å²) >= 11 is 0. The van der Waals surface area contributed by atoms with Gasteiger partial charge >= 0.3 is 0 Å². The maximum Gasteiger partial charge on any atom is 0.270 e. The number of amides is 1. The second-order valence-corrected chi connectivity index (χ2v) is 10.6. The number of carbonyl (C=O) groups excluding carboxylic acids is 1. The lowest BCUT2D eigenvalue weighted by atomic mass is 9.88. The fourth-order valence-electron chi connectivity index (χ4n) is 4.64. The zero-order chi connectivity index (χ0) is 23.9. The molecule has 1 atom stereocenters. The number of benzene rings is 2. The van der Waals surface area contributed by atoms with Gasteiger partial charge in [-0.2, -0.15) is 0 Å². The molecule has 2 aromatic carbocycles. The zero-order valence-electron chi connectivity index (χ0n) is 19.3. The average Bonchev–Trinajstić information content (AvgIpc) is 3.55. The fraction of sp³-hybridized carbons (Fsp3) is 0.385. The molecular formula is C26H28N2O5S. The molecule has 7 nitrogen and oxygen atoms in total. The van der Waals surface area contributed by atoms with E-state index in [0.717, 1.165) is 24.1 Å². The summed E-state index contributed by atoms with van der Waals surface area (Å²) in [7, 11) is -4.18. The molecule has 2 fully saturated rings. The first-order valence-electron chi connectivity index (χ1n) is 11.7. The number of aryl methyl sites for hydroxylation is 1. The number of pyridine rings is 1. The van der Waals surface area contributed by atoms with Gasteiger partial charge in [-0.1, -0.05) is 17.7 Å². The van der Waals surface area contributed by atoms with Crippen LogP contribution in [0.5, 0.6) is 5.75 Å². The molecule has 2 aliphatic rings. The molecule has 3 aromatic rings. The first-order chi connectivity index (χ1) is 16.3. The molecule has 1 N–H and O–H groups in total. The molecule has 178 valence electrons. The smallest absolute Gasteiger partial charge is 0.270 e. The molecule has 0 radical (unpaired) electrons. The second kappa shape index (κ2) is 8.67. The van der Waals surface area contributed by atoms with E-state index in [1.165, 1.54) is 6.07 Å². The number of aromatic nitrogens is 1. The lowest BCUT2D eigenvalue weighted by Gasteiger charge is -2.29. The Morgan fingerprint density at radius 3 is 2.74 bits per heavy atom. The molecule has 1 saturated carbocycles. The summed E-state index contributed by atoms with van der Waals surface area (Å²) in [4.78, 5) is 18.3. The Kier molecular flexibility index (Phi) is 5.81. The standard InChI is InChI=1S/C26H28N2O5S/c1-3-32-23-13-8-17(2)16-20(23)26(14-5-15-33-26)25(29)28-34(30,31)24-7-4-6-22-19(24)11-12-21(27-22)18-9-10-18/h4,6-8,11-13,16,18H,3,5,9-10,14-15H2,1-2H3,(H,28,29)/t26-/m1/s1. The van der Waals surface area contributed by atoms with Crippen LogP contribution in [0, 0.1) is 6.92 Å². The number of fused-ring (bicyclic) bond motifs is 1. The van der Waals surface area contributed by atoms with Crippen LogP contribution in [0.4, 0.5) is 0 Å². The van der Waals surface area contributed by atoms with Crippen molar-refractivity contribution in [1.29, 1.82) is 0 Å². The highest BCUT2D eigenvalue weighted by atomic mass is 32.2. The molecule has 1 saturated heterocycles. The summed E-state index contributed by atoms with van der Waals surface area (Å²) in [5.74, 6) is 0.262. The largest absolute Gasteiger partial charge is 0.493 e. The lowest BCUT2D eigenvalue weighted by molar-refractivity contribution is -0.140. The second-order valence-electron chi connectivity index (χ2n) is 8.98. The Balaban J connectivity index is 1.52. The van der Waals surface area contributed by atoms with Gasteiger partial charge in [0.05, 0.1) is 17.0 Å². The molecule has 8 heteroatoms. The number of nitrogens with one attached hydrogen (secondary N) is 1. The molecule has 1 amide bonds. The summed E-state index contributed by atoms with van der Waals surface area (Å²) in [5.41, 5.74) is 1.62. The average molecular weight is 481 g/mol. The Morgan fingerprint density at radius 2 is 2.03 bits per heavy atom. The quantitative estimate of drug-likeness (QED) is 0.541. The molecule has 34 heavy (non-hydrogen) atoms. The van der Waals surface area contributed by atoms with Gasteiger partial charge in [0.1, 0.15) is 5.75 Å². The van der Waals surface area contributed by atoms with E-state index in [0.29, 0.717) is 54.2 Å². The molecule has 1 aliphatic heterocycles. The van der Waals surface area contributed by atoms with Crippen LogP contribution in [0.15, 0.2) is 53.4 Å². The lowest BCUT2D eigenvalue weighted by Crippen LogP contribution is -2.46. The van der Waals surface area contributed by atoms with Gasteiger partial charge in [-0.25, -0.2) is 13.1 Å². The molecule has 5 rings (SSSR count). The number of sulfonamides is 1. The van der Waals surface area contributed by atoms with Gasteiger partial charge in [-0.15, -0.1) is 0 Å². The minimum absolute atomic E-state index is 0.0237. The summed E-state index contributed by atoms with van der Waals surface area (Å²) in [5, 5.41) is 0.485. The van der Waals surface area contributed by atoms with Crippen molar-refractivity contribution in [2.75, 3.05) is 13.2 Å². The Bertz CT molecular complexity index is 1360. The van der Waals surface area contributed by atoms with Gasteiger partial charge in [0.2, 0.25) is 0 Å². The number of nitrogens with zero attached hydrogens (tertiary/aromatic N) is 1. The van der Waals surface area contributed by atoms with Crippen molar-refractivity contribution in [2.24, 2.45) is 0 Å². The predicted octanol–water partition coefficient (Wildman–Crippen LogP) is 4.33. The fourth-order valence-corrected chi connectivity index (χ4v) is 5.88. The van der Waals surface area contributed by atoms with E-state index in [2.05, 4.69) is 9.71 Å². The summed E-state index contributed by atoms with van der Waals surface area (Å²) in [6, 6.07) is 14.1. The number of hydrogen-bond acceptors (Lipinski definition) is 6. The maximum absolute atomic E-state index is 13.6. The highest BCUT2D eigenvalue weighted by Crippen LogP contribution is 2.42. The minimum Gasteiger partial charge on any atom is -0.493 e. The topological polar surface area (TPSA) is 94.6 Å². The third-order valence-corrected chi connectivity index (χ3v) is 7.87. The van der Waals surface area contributed by atoms with Gasteiger partial charge in [0.25, 0.3) is 15.9 Å². The van der Waals surface area contributed by atoms with E-state index in [1.54, 1.807) is 24.3 Å². The van der Waals surface area contributed by atoms with Gasteiger partial charge < -0.3 is 9.47 Å². The van der Waals surface area contributed by atoms with Crippen molar-refractivity contribution in [3.63, 3.8) is 0 Å². The third kappa shape index (κ3) is 4.05. The van der Waals surface area contributed by atoms with E-state index in [1.807, 2.05) is 32.0 Å². The van der Waals surface area contributed by atoms with Crippen molar-refractivity contribution >= 4 is 26.8 Å². The maximum atomic E-state index is 13.6. The van der Waals surface area contributed by atoms with E-state index < -0.39 is 21.5 Å². The van der Waals surface area contributed by atoms with Crippen LogP contribution in [0.3, 0.4) is 0 Å². The van der Waals surface area contributed by atoms with Gasteiger partial charge in [-0.05, 0) is 75.9 Å². The monoisotopic (exact) mass is 480 g/mol. The van der Waals surface area contributed by atoms with Gasteiger partial charge in [0, 0.05) is 29.2 Å². The molecule has 1 aromatic heterocycles. The van der Waals surface area contributed by atoms with Crippen LogP contribution >= 0.6 is 0 Å². The normalized spacial score (nSPS) is 20.4. The highest BCUT2D eigenvalue weighted by molar-refractivity contribution is 7.90. The SMILES string of the molecule is CCOc1ccc(C)cc1[C@@]1(C(=O)NS(=O)(=O)c2cccc3nc(C4CC4)ccc23)CCCO1. The molecule has 2 heterocycles. The van der Waals surface area contributed by atoms with Crippen LogP contribution in [0.2, 0.25) is 0 Å². The number of rotatable bonds is 7. The third-order valence-electron chi connectivity index (χ3n) is 6.48. The Labute approximate surface area is 199 Å². The summed E-state index contributed by atoms with van der Waals surface area (Å²) in [6.45, 7) is 4.54. The molecule has 0 spiro atoms. The van der Waals surface area contributed by atoms with E-state index in [9.17, 15) is 13.2 Å². The van der Waals surface area contributed by atoms with E-state index in [4.69, 9.17) is 9.47 Å². The minimum atomic E-state index is -4.18. The number of carbonyl (C=O) groups is 1. The predicted molar refractivity (Wildman–Crippen MR) is 128 cm³/mol.